The Hall–Kier alpha value is -3.34. The van der Waals surface area contributed by atoms with E-state index in [-0.39, 0.29) is 22.6 Å². The van der Waals surface area contributed by atoms with Gasteiger partial charge in [0.25, 0.3) is 10.0 Å². The highest BCUT2D eigenvalue weighted by molar-refractivity contribution is 7.90. The van der Waals surface area contributed by atoms with Crippen molar-refractivity contribution < 1.29 is 26.7 Å². The molecule has 3 aromatic heterocycles. The Morgan fingerprint density at radius 2 is 1.91 bits per heavy atom. The molecule has 0 fully saturated rings. The van der Waals surface area contributed by atoms with E-state index < -0.39 is 39.2 Å². The number of carbonyl (C=O) groups is 1. The van der Waals surface area contributed by atoms with Crippen LogP contribution in [0, 0.1) is 18.7 Å². The Balaban J connectivity index is 2.17. The van der Waals surface area contributed by atoms with E-state index in [0.29, 0.717) is 9.54 Å². The van der Waals surface area contributed by atoms with Gasteiger partial charge < -0.3 is 9.64 Å². The fraction of sp³-hybridized carbons (Fsp3) is 0.318. The first-order valence-electron chi connectivity index (χ1n) is 9.94. The second kappa shape index (κ2) is 8.89. The molecule has 176 valence electrons. The van der Waals surface area contributed by atoms with Gasteiger partial charge in [-0.15, -0.1) is 0 Å². The highest BCUT2D eigenvalue weighted by Crippen LogP contribution is 2.33. The summed E-state index contributed by atoms with van der Waals surface area (Å²) in [6, 6.07) is 4.09. The Morgan fingerprint density at radius 1 is 1.21 bits per heavy atom. The number of halogens is 2. The number of carbonyl (C=O) groups excluding carboxylic acids is 1. The molecule has 0 radical (unpaired) electrons. The number of aryl methyl sites for hydroxylation is 1. The molecule has 11 heteroatoms. The molecule has 8 nitrogen and oxygen atoms in total. The number of hydrogen-bond donors (Lipinski definition) is 0. The molecule has 0 aromatic carbocycles. The lowest BCUT2D eigenvalue weighted by molar-refractivity contribution is 0.0284. The second-order valence-corrected chi connectivity index (χ2v) is 10.2. The van der Waals surface area contributed by atoms with Crippen LogP contribution < -0.4 is 0 Å². The zero-order chi connectivity index (χ0) is 24.6. The molecule has 0 aliphatic rings. The van der Waals surface area contributed by atoms with Gasteiger partial charge in [0.05, 0.1) is 12.1 Å². The lowest BCUT2D eigenvalue weighted by Gasteiger charge is -2.24. The topological polar surface area (TPSA) is 94.4 Å². The number of aromatic nitrogens is 3. The molecule has 0 N–H and O–H groups in total. The predicted octanol–water partition coefficient (Wildman–Crippen LogP) is 4.14. The molecule has 0 aliphatic carbocycles. The maximum atomic E-state index is 15.6. The molecule has 0 atom stereocenters. The van der Waals surface area contributed by atoms with Crippen LogP contribution in [0.2, 0.25) is 0 Å². The monoisotopic (exact) mass is 478 g/mol. The summed E-state index contributed by atoms with van der Waals surface area (Å²) in [4.78, 5) is 20.6. The van der Waals surface area contributed by atoms with E-state index in [2.05, 4.69) is 9.97 Å². The first kappa shape index (κ1) is 24.3. The summed E-state index contributed by atoms with van der Waals surface area (Å²) in [5, 5.41) is 0. The van der Waals surface area contributed by atoms with Crippen LogP contribution in [0.1, 0.15) is 31.9 Å². The molecule has 3 heterocycles. The third kappa shape index (κ3) is 5.03. The normalized spacial score (nSPS) is 12.0. The van der Waals surface area contributed by atoms with E-state index in [9.17, 15) is 17.6 Å². The number of pyridine rings is 2. The highest BCUT2D eigenvalue weighted by Gasteiger charge is 2.30. The fourth-order valence-corrected chi connectivity index (χ4v) is 4.66. The lowest BCUT2D eigenvalue weighted by Crippen LogP contribution is -2.33. The zero-order valence-corrected chi connectivity index (χ0v) is 19.7. The van der Waals surface area contributed by atoms with Crippen molar-refractivity contribution >= 4 is 16.1 Å². The molecule has 0 unspecified atom stereocenters. The molecule has 3 aromatic rings. The van der Waals surface area contributed by atoms with Crippen molar-refractivity contribution in [3.05, 3.63) is 65.9 Å². The number of ether oxygens (including phenoxy) is 1. The van der Waals surface area contributed by atoms with Crippen molar-refractivity contribution in [2.75, 3.05) is 7.05 Å². The smallest absolute Gasteiger partial charge is 0.410 e. The first-order chi connectivity index (χ1) is 15.3. The molecule has 0 bridgehead atoms. The van der Waals surface area contributed by atoms with Crippen molar-refractivity contribution in [1.82, 2.24) is 18.8 Å². The Kier molecular flexibility index (Phi) is 6.55. The van der Waals surface area contributed by atoms with Crippen LogP contribution >= 0.6 is 0 Å². The highest BCUT2D eigenvalue weighted by atomic mass is 32.2. The third-order valence-electron chi connectivity index (χ3n) is 4.64. The molecule has 0 saturated carbocycles. The number of hydrogen-bond acceptors (Lipinski definition) is 6. The van der Waals surface area contributed by atoms with Crippen molar-refractivity contribution in [3.63, 3.8) is 0 Å². The molecule has 0 aliphatic heterocycles. The summed E-state index contributed by atoms with van der Waals surface area (Å²) in [7, 11) is -2.98. The Bertz CT molecular complexity index is 1300. The van der Waals surface area contributed by atoms with E-state index in [0.717, 1.165) is 17.3 Å². The summed E-state index contributed by atoms with van der Waals surface area (Å²) in [5.41, 5.74) is -1.42. The van der Waals surface area contributed by atoms with Gasteiger partial charge in [0.1, 0.15) is 16.2 Å². The average Bonchev–Trinajstić information content (AvgIpc) is 3.04. The largest absolute Gasteiger partial charge is 0.444 e. The minimum absolute atomic E-state index is 0.147. The maximum absolute atomic E-state index is 15.6. The SMILES string of the molecule is Cc1ccncc1S(=O)(=O)n1cc(CN(C)C(=O)OC(C)(C)C)c(F)c1-c1cccnc1F. The molecule has 3 rings (SSSR count). The Morgan fingerprint density at radius 3 is 2.52 bits per heavy atom. The number of amides is 1. The van der Waals surface area contributed by atoms with Crippen LogP contribution in [0.25, 0.3) is 11.3 Å². The van der Waals surface area contributed by atoms with Crippen LogP contribution in [0.3, 0.4) is 0 Å². The second-order valence-electron chi connectivity index (χ2n) is 8.44. The van der Waals surface area contributed by atoms with Crippen molar-refractivity contribution in [1.29, 1.82) is 0 Å². The number of rotatable bonds is 5. The molecular weight excluding hydrogens is 454 g/mol. The van der Waals surface area contributed by atoms with Crippen LogP contribution in [0.15, 0.2) is 47.9 Å². The van der Waals surface area contributed by atoms with Crippen LogP contribution in [0.5, 0.6) is 0 Å². The maximum Gasteiger partial charge on any atom is 0.410 e. The van der Waals surface area contributed by atoms with Gasteiger partial charge in [-0.25, -0.2) is 26.6 Å². The van der Waals surface area contributed by atoms with Gasteiger partial charge in [0.15, 0.2) is 5.82 Å². The minimum Gasteiger partial charge on any atom is -0.444 e. The molecular formula is C22H24F2N4O4S. The van der Waals surface area contributed by atoms with E-state index >= 15 is 4.39 Å². The third-order valence-corrected chi connectivity index (χ3v) is 6.43. The van der Waals surface area contributed by atoms with Gasteiger partial charge in [-0.1, -0.05) is 0 Å². The van der Waals surface area contributed by atoms with Gasteiger partial charge in [-0.05, 0) is 51.5 Å². The van der Waals surface area contributed by atoms with Gasteiger partial charge in [-0.2, -0.15) is 4.39 Å². The van der Waals surface area contributed by atoms with Crippen LogP contribution in [0.4, 0.5) is 13.6 Å². The molecule has 33 heavy (non-hydrogen) atoms. The van der Waals surface area contributed by atoms with E-state index in [1.807, 2.05) is 0 Å². The predicted molar refractivity (Wildman–Crippen MR) is 117 cm³/mol. The standard InChI is InChI=1S/C22H24F2N4O4S/c1-14-8-10-25-11-17(14)33(30,31)28-13-15(12-27(5)21(29)32-22(2,3)4)18(23)19(28)16-7-6-9-26-20(16)24/h6-11,13H,12H2,1-5H3. The van der Waals surface area contributed by atoms with Gasteiger partial charge in [0, 0.05) is 37.4 Å². The van der Waals surface area contributed by atoms with Gasteiger partial charge >= 0.3 is 6.09 Å². The Labute approximate surface area is 190 Å². The van der Waals surface area contributed by atoms with Crippen molar-refractivity contribution in [3.8, 4) is 11.3 Å². The number of nitrogens with zero attached hydrogens (tertiary/aromatic N) is 4. The van der Waals surface area contributed by atoms with E-state index in [1.165, 1.54) is 37.6 Å². The van der Waals surface area contributed by atoms with E-state index in [4.69, 9.17) is 4.74 Å². The van der Waals surface area contributed by atoms with Crippen LogP contribution in [-0.2, 0) is 21.3 Å². The fourth-order valence-electron chi connectivity index (χ4n) is 3.10. The zero-order valence-electron chi connectivity index (χ0n) is 18.8. The quantitative estimate of drug-likeness (QED) is 0.512. The summed E-state index contributed by atoms with van der Waals surface area (Å²) >= 11 is 0. The molecule has 0 saturated heterocycles. The van der Waals surface area contributed by atoms with E-state index in [1.54, 1.807) is 27.7 Å². The van der Waals surface area contributed by atoms with Gasteiger partial charge in [-0.3, -0.25) is 4.98 Å². The lowest BCUT2D eigenvalue weighted by atomic mass is 10.1. The van der Waals surface area contributed by atoms with Crippen LogP contribution in [-0.4, -0.2) is 46.0 Å². The first-order valence-corrected chi connectivity index (χ1v) is 11.4. The molecule has 0 spiro atoms. The van der Waals surface area contributed by atoms with Crippen molar-refractivity contribution in [2.45, 2.75) is 44.7 Å². The summed E-state index contributed by atoms with van der Waals surface area (Å²) in [5.74, 6) is -2.04. The average molecular weight is 479 g/mol. The van der Waals surface area contributed by atoms with Gasteiger partial charge in [0.2, 0.25) is 5.95 Å². The summed E-state index contributed by atoms with van der Waals surface area (Å²) in [6.07, 6.45) is 4.03. The minimum atomic E-state index is -4.37. The van der Waals surface area contributed by atoms with Crippen molar-refractivity contribution in [2.24, 2.45) is 0 Å². The summed E-state index contributed by atoms with van der Waals surface area (Å²) < 4.78 is 62.9. The molecule has 1 amide bonds. The summed E-state index contributed by atoms with van der Waals surface area (Å²) in [6.45, 7) is 6.30.